The number of nitrogens with one attached hydrogen (secondary N) is 1. The average Bonchev–Trinajstić information content (AvgIpc) is 3.18. The molecule has 1 fully saturated rings. The fraction of sp³-hybridized carbons (Fsp3) is 0.261. The molecular weight excluding hydrogens is 434 g/mol. The second-order valence-electron chi connectivity index (χ2n) is 8.26. The molecule has 5 rings (SSSR count). The van der Waals surface area contributed by atoms with Crippen molar-refractivity contribution in [2.24, 2.45) is 0 Å². The van der Waals surface area contributed by atoms with Gasteiger partial charge in [-0.3, -0.25) is 0 Å². The second-order valence-corrected chi connectivity index (χ2v) is 8.65. The van der Waals surface area contributed by atoms with Gasteiger partial charge in [0.05, 0.1) is 0 Å². The Morgan fingerprint density at radius 1 is 1.06 bits per heavy atom. The van der Waals surface area contributed by atoms with Gasteiger partial charge in [-0.25, -0.2) is 18.3 Å². The minimum Gasteiger partial charge on any atom is -0.371 e. The highest BCUT2D eigenvalue weighted by Gasteiger charge is 2.31. The quantitative estimate of drug-likeness (QED) is 0.430. The van der Waals surface area contributed by atoms with Gasteiger partial charge in [0.15, 0.2) is 17.3 Å². The number of rotatable bonds is 4. The number of halogens is 3. The van der Waals surface area contributed by atoms with Crippen LogP contribution in [0.25, 0.3) is 16.8 Å². The Labute approximate surface area is 188 Å². The van der Waals surface area contributed by atoms with Crippen LogP contribution in [-0.4, -0.2) is 38.2 Å². The molecular formula is C23H21ClF2N6. The first-order valence-corrected chi connectivity index (χ1v) is 10.7. The van der Waals surface area contributed by atoms with E-state index in [1.165, 1.54) is 12.1 Å². The van der Waals surface area contributed by atoms with Crippen LogP contribution in [0.2, 0.25) is 5.15 Å². The molecule has 9 heteroatoms. The number of fused-ring (bicyclic) bond motifs is 1. The van der Waals surface area contributed by atoms with Crippen LogP contribution in [0.4, 0.5) is 20.4 Å². The first kappa shape index (κ1) is 20.6. The third-order valence-electron chi connectivity index (χ3n) is 5.95. The number of hydrogen-bond acceptors (Lipinski definition) is 5. The molecule has 0 unspecified atom stereocenters. The van der Waals surface area contributed by atoms with Crippen molar-refractivity contribution in [3.8, 4) is 11.1 Å². The normalized spacial score (nSPS) is 15.8. The smallest absolute Gasteiger partial charge is 0.243 e. The molecule has 0 atom stereocenters. The zero-order chi connectivity index (χ0) is 22.3. The summed E-state index contributed by atoms with van der Waals surface area (Å²) in [5.74, 6) is -1.27. The van der Waals surface area contributed by atoms with Gasteiger partial charge in [-0.1, -0.05) is 17.7 Å². The molecule has 0 aliphatic carbocycles. The lowest BCUT2D eigenvalue weighted by molar-refractivity contribution is 0.392. The molecule has 0 saturated carbocycles. The minimum absolute atomic E-state index is 0.180. The number of anilines is 2. The van der Waals surface area contributed by atoms with Crippen molar-refractivity contribution < 1.29 is 8.78 Å². The number of nitrogens with zero attached hydrogens (tertiary/aromatic N) is 5. The van der Waals surface area contributed by atoms with E-state index in [2.05, 4.69) is 32.2 Å². The summed E-state index contributed by atoms with van der Waals surface area (Å²) in [6.07, 6.45) is 5.28. The Hall–Kier alpha value is -3.26. The fourth-order valence-corrected chi connectivity index (χ4v) is 4.26. The van der Waals surface area contributed by atoms with E-state index in [1.54, 1.807) is 16.9 Å². The largest absolute Gasteiger partial charge is 0.371 e. The summed E-state index contributed by atoms with van der Waals surface area (Å²) < 4.78 is 28.8. The Balaban J connectivity index is 1.36. The van der Waals surface area contributed by atoms with E-state index in [0.717, 1.165) is 37.7 Å². The van der Waals surface area contributed by atoms with Gasteiger partial charge in [0, 0.05) is 42.3 Å². The Morgan fingerprint density at radius 3 is 2.62 bits per heavy atom. The van der Waals surface area contributed by atoms with Crippen molar-refractivity contribution >= 4 is 28.9 Å². The molecule has 1 N–H and O–H groups in total. The van der Waals surface area contributed by atoms with E-state index in [1.807, 2.05) is 24.3 Å². The summed E-state index contributed by atoms with van der Waals surface area (Å²) in [5, 5.41) is 8.53. The van der Waals surface area contributed by atoms with Gasteiger partial charge in [-0.15, -0.1) is 5.10 Å². The lowest BCUT2D eigenvalue weighted by Crippen LogP contribution is -2.47. The third-order valence-corrected chi connectivity index (χ3v) is 6.16. The maximum absolute atomic E-state index is 13.8. The van der Waals surface area contributed by atoms with Crippen molar-refractivity contribution in [1.82, 2.24) is 19.6 Å². The van der Waals surface area contributed by atoms with Crippen LogP contribution in [0.3, 0.4) is 0 Å². The molecule has 1 aliphatic rings. The molecule has 0 spiro atoms. The first-order chi connectivity index (χ1) is 15.4. The van der Waals surface area contributed by atoms with Gasteiger partial charge in [0.1, 0.15) is 5.15 Å². The Morgan fingerprint density at radius 2 is 1.88 bits per heavy atom. The summed E-state index contributed by atoms with van der Waals surface area (Å²) in [4.78, 5) is 11.0. The molecule has 0 bridgehead atoms. The topological polar surface area (TPSA) is 58.4 Å². The Bertz CT molecular complexity index is 1280. The molecule has 4 heterocycles. The summed E-state index contributed by atoms with van der Waals surface area (Å²) in [6.45, 7) is 3.88. The number of aromatic nitrogens is 4. The van der Waals surface area contributed by atoms with Crippen LogP contribution in [-0.2, 0) is 0 Å². The van der Waals surface area contributed by atoms with Crippen LogP contribution in [0.5, 0.6) is 0 Å². The zero-order valence-corrected chi connectivity index (χ0v) is 18.2. The number of benzene rings is 1. The molecule has 1 aromatic carbocycles. The molecule has 4 aromatic rings. The molecule has 1 saturated heterocycles. The lowest BCUT2D eigenvalue weighted by Gasteiger charge is -2.40. The van der Waals surface area contributed by atoms with Gasteiger partial charge in [0.25, 0.3) is 0 Å². The molecule has 1 aliphatic heterocycles. The SMILES string of the molecule is CC1(Nc2nc3c(-c4ccc(F)c(F)c4)cccn3n2)CCN(c2ccnc(Cl)c2)CC1. The predicted octanol–water partition coefficient (Wildman–Crippen LogP) is 5.19. The number of hydrogen-bond donors (Lipinski definition) is 1. The number of piperidine rings is 1. The number of pyridine rings is 2. The van der Waals surface area contributed by atoms with Crippen molar-refractivity contribution in [1.29, 1.82) is 0 Å². The van der Waals surface area contributed by atoms with Crippen LogP contribution in [0.1, 0.15) is 19.8 Å². The molecule has 6 nitrogen and oxygen atoms in total. The first-order valence-electron chi connectivity index (χ1n) is 10.4. The van der Waals surface area contributed by atoms with E-state index in [-0.39, 0.29) is 5.54 Å². The standard InChI is InChI=1S/C23H21ClF2N6/c1-23(7-11-31(12-8-23)16-6-9-27-20(24)14-16)29-22-28-21-17(3-2-10-32(21)30-22)15-4-5-18(25)19(26)13-15/h2-6,9-10,13-14H,7-8,11-12H2,1H3,(H,29,30). The van der Waals surface area contributed by atoms with Crippen LogP contribution < -0.4 is 10.2 Å². The summed E-state index contributed by atoms with van der Waals surface area (Å²) in [6, 6.07) is 11.3. The average molecular weight is 455 g/mol. The highest BCUT2D eigenvalue weighted by atomic mass is 35.5. The van der Waals surface area contributed by atoms with Gasteiger partial charge >= 0.3 is 0 Å². The van der Waals surface area contributed by atoms with Gasteiger partial charge in [-0.05, 0) is 61.7 Å². The summed E-state index contributed by atoms with van der Waals surface area (Å²) >= 11 is 6.03. The van der Waals surface area contributed by atoms with Crippen LogP contribution in [0, 0.1) is 11.6 Å². The van der Waals surface area contributed by atoms with E-state index in [9.17, 15) is 8.78 Å². The van der Waals surface area contributed by atoms with E-state index in [0.29, 0.717) is 27.9 Å². The Kier molecular flexibility index (Phi) is 5.17. The van der Waals surface area contributed by atoms with Crippen LogP contribution >= 0.6 is 11.6 Å². The molecule has 0 amide bonds. The molecule has 164 valence electrons. The van der Waals surface area contributed by atoms with E-state index < -0.39 is 11.6 Å². The van der Waals surface area contributed by atoms with Gasteiger partial charge in [-0.2, -0.15) is 4.98 Å². The fourth-order valence-electron chi connectivity index (χ4n) is 4.09. The van der Waals surface area contributed by atoms with Crippen molar-refractivity contribution in [3.63, 3.8) is 0 Å². The summed E-state index contributed by atoms with van der Waals surface area (Å²) in [5.41, 5.74) is 2.69. The highest BCUT2D eigenvalue weighted by Crippen LogP contribution is 2.30. The zero-order valence-electron chi connectivity index (χ0n) is 17.4. The van der Waals surface area contributed by atoms with Crippen molar-refractivity contribution in [3.05, 3.63) is 71.6 Å². The van der Waals surface area contributed by atoms with Gasteiger partial charge < -0.3 is 10.2 Å². The maximum Gasteiger partial charge on any atom is 0.243 e. The molecule has 3 aromatic heterocycles. The maximum atomic E-state index is 13.8. The van der Waals surface area contributed by atoms with Crippen molar-refractivity contribution in [2.45, 2.75) is 25.3 Å². The van der Waals surface area contributed by atoms with Crippen LogP contribution in [0.15, 0.2) is 54.9 Å². The lowest BCUT2D eigenvalue weighted by atomic mass is 9.89. The second kappa shape index (κ2) is 8.02. The third kappa shape index (κ3) is 3.98. The molecule has 0 radical (unpaired) electrons. The molecule has 32 heavy (non-hydrogen) atoms. The monoisotopic (exact) mass is 454 g/mol. The van der Waals surface area contributed by atoms with E-state index >= 15 is 0 Å². The highest BCUT2D eigenvalue weighted by molar-refractivity contribution is 6.29. The minimum atomic E-state index is -0.892. The van der Waals surface area contributed by atoms with Gasteiger partial charge in [0.2, 0.25) is 5.95 Å². The predicted molar refractivity (Wildman–Crippen MR) is 121 cm³/mol. The summed E-state index contributed by atoms with van der Waals surface area (Å²) in [7, 11) is 0. The van der Waals surface area contributed by atoms with Crippen molar-refractivity contribution in [2.75, 3.05) is 23.3 Å². The van der Waals surface area contributed by atoms with E-state index in [4.69, 9.17) is 11.6 Å².